The Balaban J connectivity index is 0.00000289. The number of halogens is 1. The van der Waals surface area contributed by atoms with E-state index in [0.717, 1.165) is 35.1 Å². The predicted molar refractivity (Wildman–Crippen MR) is 146 cm³/mol. The molecule has 1 aromatic heterocycles. The fourth-order valence-corrected chi connectivity index (χ4v) is 5.14. The van der Waals surface area contributed by atoms with Crippen molar-refractivity contribution >= 4 is 46.0 Å². The van der Waals surface area contributed by atoms with Gasteiger partial charge in [0, 0.05) is 25.0 Å². The summed E-state index contributed by atoms with van der Waals surface area (Å²) >= 11 is 1.53. The second-order valence-corrected chi connectivity index (χ2v) is 8.63. The molecule has 0 unspecified atom stereocenters. The fourth-order valence-electron chi connectivity index (χ4n) is 4.10. The van der Waals surface area contributed by atoms with E-state index in [4.69, 9.17) is 4.74 Å². The highest BCUT2D eigenvalue weighted by Crippen LogP contribution is 2.43. The van der Waals surface area contributed by atoms with Crippen LogP contribution in [-0.4, -0.2) is 52.5 Å². The van der Waals surface area contributed by atoms with Crippen molar-refractivity contribution in [3.63, 3.8) is 0 Å². The molecule has 1 fully saturated rings. The van der Waals surface area contributed by atoms with E-state index in [9.17, 15) is 5.26 Å². The van der Waals surface area contributed by atoms with Gasteiger partial charge >= 0.3 is 0 Å². The van der Waals surface area contributed by atoms with Gasteiger partial charge in [0.15, 0.2) is 5.82 Å². The summed E-state index contributed by atoms with van der Waals surface area (Å²) in [7, 11) is 0. The first-order valence-electron chi connectivity index (χ1n) is 11.1. The number of nitrogens with zero attached hydrogens (tertiary/aromatic N) is 6. The predicted octanol–water partition coefficient (Wildman–Crippen LogP) is 5.11. The average molecular weight is 549 g/mol. The molecular weight excluding hydrogens is 524 g/mol. The van der Waals surface area contributed by atoms with E-state index >= 15 is 0 Å². The molecule has 5 rings (SSSR count). The van der Waals surface area contributed by atoms with Crippen LogP contribution in [0.25, 0.3) is 17.0 Å². The fraction of sp³-hybridized carbons (Fsp3) is 0.192. The van der Waals surface area contributed by atoms with E-state index in [1.165, 1.54) is 11.8 Å². The smallest absolute Gasteiger partial charge is 0.232 e. The number of nitriles is 1. The zero-order chi connectivity index (χ0) is 23.3. The van der Waals surface area contributed by atoms with Gasteiger partial charge in [-0.25, -0.2) is 0 Å². The topological polar surface area (TPSA) is 70.2 Å². The lowest BCUT2D eigenvalue weighted by Crippen LogP contribution is -2.38. The number of allylic oxidation sites excluding steroid dienone is 1. The molecule has 178 valence electrons. The van der Waals surface area contributed by atoms with Crippen LogP contribution >= 0.6 is 28.7 Å². The van der Waals surface area contributed by atoms with Gasteiger partial charge in [0.1, 0.15) is 16.7 Å². The lowest BCUT2D eigenvalue weighted by atomic mass is 10.1. The van der Waals surface area contributed by atoms with Crippen molar-refractivity contribution in [2.75, 3.05) is 37.7 Å². The molecule has 7 nitrogen and oxygen atoms in total. The number of morpholine rings is 1. The van der Waals surface area contributed by atoms with Crippen LogP contribution in [0.5, 0.6) is 0 Å². The van der Waals surface area contributed by atoms with Crippen LogP contribution < -0.4 is 4.90 Å². The normalized spacial score (nSPS) is 16.8. The molecule has 0 atom stereocenters. The van der Waals surface area contributed by atoms with Crippen LogP contribution in [0.4, 0.5) is 5.95 Å². The van der Waals surface area contributed by atoms with Gasteiger partial charge in [0.05, 0.1) is 24.6 Å². The molecule has 3 aromatic rings. The zero-order valence-corrected chi connectivity index (χ0v) is 21.6. The van der Waals surface area contributed by atoms with Crippen LogP contribution in [0.3, 0.4) is 0 Å². The van der Waals surface area contributed by atoms with Gasteiger partial charge in [-0.05, 0) is 17.7 Å². The van der Waals surface area contributed by atoms with Gasteiger partial charge in [0.2, 0.25) is 5.95 Å². The summed E-state index contributed by atoms with van der Waals surface area (Å²) < 4.78 is 7.51. The molecule has 0 radical (unpaired) electrons. The van der Waals surface area contributed by atoms with E-state index in [1.54, 1.807) is 0 Å². The Labute approximate surface area is 219 Å². The number of rotatable bonds is 6. The highest BCUT2D eigenvalue weighted by molar-refractivity contribution is 8.93. The van der Waals surface area contributed by atoms with Crippen LogP contribution in [0.15, 0.2) is 83.8 Å². The quantitative estimate of drug-likeness (QED) is 0.313. The highest BCUT2D eigenvalue weighted by Gasteiger charge is 2.30. The Kier molecular flexibility index (Phi) is 8.08. The monoisotopic (exact) mass is 548 g/mol. The van der Waals surface area contributed by atoms with Crippen molar-refractivity contribution in [3.05, 3.63) is 95.1 Å². The van der Waals surface area contributed by atoms with Crippen LogP contribution in [0.2, 0.25) is 0 Å². The molecule has 2 aromatic carbocycles. The molecule has 0 saturated carbocycles. The SMILES string of the molecule is Br.C=CCN1C(c2ccccc2)=CS/C1=C(\C#N)c1nnc(N2CCOCC2)n1-c1ccccc1. The molecule has 0 amide bonds. The zero-order valence-electron chi connectivity index (χ0n) is 19.1. The molecule has 2 aliphatic heterocycles. The second kappa shape index (κ2) is 11.4. The Morgan fingerprint density at radius 1 is 1.06 bits per heavy atom. The summed E-state index contributed by atoms with van der Waals surface area (Å²) in [4.78, 5) is 4.27. The average Bonchev–Trinajstić information content (AvgIpc) is 3.52. The van der Waals surface area contributed by atoms with E-state index in [0.29, 0.717) is 37.1 Å². The van der Waals surface area contributed by atoms with E-state index in [-0.39, 0.29) is 17.0 Å². The Hall–Kier alpha value is -3.32. The number of para-hydroxylation sites is 1. The third-order valence-corrected chi connectivity index (χ3v) is 6.69. The number of benzene rings is 2. The molecule has 0 N–H and O–H groups in total. The standard InChI is InChI=1S/C26H24N6OS.BrH/c1-2-13-31-23(20-9-5-3-6-10-20)19-34-25(31)22(18-27)24-28-29-26(30-14-16-33-17-15-30)32(24)21-11-7-4-8-12-21;/h2-12,19H,1,13-17H2;1H/b25-22+;. The summed E-state index contributed by atoms with van der Waals surface area (Å²) in [6.07, 6.45) is 1.85. The molecule has 0 spiro atoms. The molecule has 3 heterocycles. The Morgan fingerprint density at radius 2 is 1.74 bits per heavy atom. The molecule has 35 heavy (non-hydrogen) atoms. The highest BCUT2D eigenvalue weighted by atomic mass is 79.9. The first kappa shape index (κ1) is 24.8. The third kappa shape index (κ3) is 4.91. The number of anilines is 1. The molecular formula is C26H25BrN6OS. The maximum Gasteiger partial charge on any atom is 0.232 e. The van der Waals surface area contributed by atoms with Crippen LogP contribution in [-0.2, 0) is 4.74 Å². The molecule has 0 bridgehead atoms. The minimum absolute atomic E-state index is 0. The second-order valence-electron chi connectivity index (χ2n) is 7.77. The van der Waals surface area contributed by atoms with E-state index < -0.39 is 0 Å². The summed E-state index contributed by atoms with van der Waals surface area (Å²) in [5.74, 6) is 1.24. The number of thioether (sulfide) groups is 1. The van der Waals surface area contributed by atoms with Crippen molar-refractivity contribution in [2.45, 2.75) is 0 Å². The number of hydrogen-bond donors (Lipinski definition) is 0. The molecule has 1 saturated heterocycles. The van der Waals surface area contributed by atoms with Gasteiger partial charge in [-0.2, -0.15) is 5.26 Å². The first-order valence-corrected chi connectivity index (χ1v) is 12.0. The van der Waals surface area contributed by atoms with E-state index in [1.807, 2.05) is 59.2 Å². The van der Waals surface area contributed by atoms with Crippen molar-refractivity contribution in [1.82, 2.24) is 19.7 Å². The van der Waals surface area contributed by atoms with Gasteiger partial charge in [-0.3, -0.25) is 4.57 Å². The molecule has 2 aliphatic rings. The minimum Gasteiger partial charge on any atom is -0.378 e. The largest absolute Gasteiger partial charge is 0.378 e. The lowest BCUT2D eigenvalue weighted by molar-refractivity contribution is 0.122. The number of ether oxygens (including phenoxy) is 1. The summed E-state index contributed by atoms with van der Waals surface area (Å²) in [6, 6.07) is 22.5. The maximum absolute atomic E-state index is 10.4. The van der Waals surface area contributed by atoms with Crippen LogP contribution in [0, 0.1) is 11.3 Å². The van der Waals surface area contributed by atoms with Crippen molar-refractivity contribution < 1.29 is 4.74 Å². The van der Waals surface area contributed by atoms with Gasteiger partial charge < -0.3 is 14.5 Å². The summed E-state index contributed by atoms with van der Waals surface area (Å²) in [5, 5.41) is 22.3. The minimum atomic E-state index is 0. The van der Waals surface area contributed by atoms with Crippen molar-refractivity contribution in [1.29, 1.82) is 5.26 Å². The Morgan fingerprint density at radius 3 is 2.40 bits per heavy atom. The Bertz CT molecular complexity index is 1280. The summed E-state index contributed by atoms with van der Waals surface area (Å²) in [5.41, 5.74) is 3.51. The van der Waals surface area contributed by atoms with Crippen molar-refractivity contribution in [2.24, 2.45) is 0 Å². The van der Waals surface area contributed by atoms with Gasteiger partial charge in [-0.15, -0.1) is 33.8 Å². The number of aromatic nitrogens is 3. The van der Waals surface area contributed by atoms with Crippen LogP contribution in [0.1, 0.15) is 11.4 Å². The molecule has 9 heteroatoms. The first-order chi connectivity index (χ1) is 16.8. The number of hydrogen-bond acceptors (Lipinski definition) is 7. The van der Waals surface area contributed by atoms with Crippen molar-refractivity contribution in [3.8, 4) is 11.8 Å². The molecule has 0 aliphatic carbocycles. The van der Waals surface area contributed by atoms with E-state index in [2.05, 4.69) is 50.2 Å². The van der Waals surface area contributed by atoms with Gasteiger partial charge in [-0.1, -0.05) is 66.4 Å². The van der Waals surface area contributed by atoms with Gasteiger partial charge in [0.25, 0.3) is 0 Å². The third-order valence-electron chi connectivity index (χ3n) is 5.70. The maximum atomic E-state index is 10.4. The lowest BCUT2D eigenvalue weighted by Gasteiger charge is -2.28. The summed E-state index contributed by atoms with van der Waals surface area (Å²) in [6.45, 7) is 7.23.